The molecule has 2 aliphatic heterocycles. The minimum absolute atomic E-state index is 0.310. The van der Waals surface area contributed by atoms with E-state index in [-0.39, 0.29) is 6.09 Å². The number of nitrogens with zero attached hydrogens (tertiary/aromatic N) is 1. The maximum atomic E-state index is 11.7. The van der Waals surface area contributed by atoms with Gasteiger partial charge in [0.1, 0.15) is 5.60 Å². The van der Waals surface area contributed by atoms with Crippen molar-refractivity contribution in [2.45, 2.75) is 59.1 Å². The van der Waals surface area contributed by atoms with Gasteiger partial charge in [-0.3, -0.25) is 4.90 Å². The fraction of sp³-hybridized carbons (Fsp3) is 0.941. The molecular weight excluding hydrogens is 278 g/mol. The summed E-state index contributed by atoms with van der Waals surface area (Å²) in [6.45, 7) is 15.6. The third-order valence-corrected chi connectivity index (χ3v) is 4.76. The molecule has 1 spiro atoms. The van der Waals surface area contributed by atoms with Crippen LogP contribution in [0.15, 0.2) is 0 Å². The Labute approximate surface area is 135 Å². The van der Waals surface area contributed by atoms with Crippen LogP contribution in [0.1, 0.15) is 47.5 Å². The Kier molecular flexibility index (Phi) is 5.38. The van der Waals surface area contributed by atoms with Crippen molar-refractivity contribution in [1.82, 2.24) is 15.5 Å². The highest BCUT2D eigenvalue weighted by atomic mass is 16.6. The molecule has 0 saturated carbocycles. The Morgan fingerprint density at radius 2 is 2.05 bits per heavy atom. The van der Waals surface area contributed by atoms with E-state index < -0.39 is 5.60 Å². The molecule has 2 N–H and O–H groups in total. The average molecular weight is 311 g/mol. The summed E-state index contributed by atoms with van der Waals surface area (Å²) in [5.74, 6) is 0.604. The number of hydrogen-bond acceptors (Lipinski definition) is 4. The van der Waals surface area contributed by atoms with Gasteiger partial charge in [-0.25, -0.2) is 4.79 Å². The normalized spacial score (nSPS) is 22.6. The summed E-state index contributed by atoms with van der Waals surface area (Å²) >= 11 is 0. The van der Waals surface area contributed by atoms with Crippen molar-refractivity contribution < 1.29 is 9.53 Å². The van der Waals surface area contributed by atoms with E-state index in [1.54, 1.807) is 0 Å². The van der Waals surface area contributed by atoms with Crippen molar-refractivity contribution in [1.29, 1.82) is 0 Å². The summed E-state index contributed by atoms with van der Waals surface area (Å²) in [7, 11) is 0. The van der Waals surface area contributed by atoms with E-state index in [0.717, 1.165) is 6.42 Å². The molecule has 0 aromatic rings. The van der Waals surface area contributed by atoms with E-state index in [4.69, 9.17) is 4.74 Å². The molecule has 2 saturated heterocycles. The molecular formula is C17H33N3O2. The van der Waals surface area contributed by atoms with Gasteiger partial charge in [0.25, 0.3) is 0 Å². The predicted molar refractivity (Wildman–Crippen MR) is 89.0 cm³/mol. The van der Waals surface area contributed by atoms with Crippen LogP contribution in [0.3, 0.4) is 0 Å². The first kappa shape index (κ1) is 17.5. The average Bonchev–Trinajstić information content (AvgIpc) is 2.79. The monoisotopic (exact) mass is 311 g/mol. The largest absolute Gasteiger partial charge is 0.444 e. The summed E-state index contributed by atoms with van der Waals surface area (Å²) < 4.78 is 5.29. The van der Waals surface area contributed by atoms with Crippen LogP contribution in [0.4, 0.5) is 4.79 Å². The van der Waals surface area contributed by atoms with Gasteiger partial charge in [0.15, 0.2) is 0 Å². The Balaban J connectivity index is 1.73. The van der Waals surface area contributed by atoms with Crippen molar-refractivity contribution in [2.75, 3.05) is 32.7 Å². The number of carbonyl (C=O) groups is 1. The summed E-state index contributed by atoms with van der Waals surface area (Å²) in [4.78, 5) is 14.3. The van der Waals surface area contributed by atoms with Gasteiger partial charge in [0.2, 0.25) is 0 Å². The van der Waals surface area contributed by atoms with Gasteiger partial charge in [0, 0.05) is 37.6 Å². The number of ether oxygens (including phenoxy) is 1. The Morgan fingerprint density at radius 1 is 1.36 bits per heavy atom. The second-order valence-corrected chi connectivity index (χ2v) is 8.36. The van der Waals surface area contributed by atoms with Crippen LogP contribution in [0.25, 0.3) is 0 Å². The van der Waals surface area contributed by atoms with Crippen LogP contribution in [0.5, 0.6) is 0 Å². The smallest absolute Gasteiger partial charge is 0.407 e. The molecule has 2 rings (SSSR count). The van der Waals surface area contributed by atoms with Gasteiger partial charge in [0.05, 0.1) is 0 Å². The van der Waals surface area contributed by atoms with E-state index in [9.17, 15) is 4.79 Å². The predicted octanol–water partition coefficient (Wildman–Crippen LogP) is 2.22. The van der Waals surface area contributed by atoms with E-state index in [2.05, 4.69) is 29.4 Å². The lowest BCUT2D eigenvalue weighted by molar-refractivity contribution is -0.0344. The summed E-state index contributed by atoms with van der Waals surface area (Å²) in [5.41, 5.74) is 0.104. The Bertz CT molecular complexity index is 376. The minimum atomic E-state index is -0.430. The fourth-order valence-corrected chi connectivity index (χ4v) is 3.69. The molecule has 1 atom stereocenters. The molecule has 1 unspecified atom stereocenters. The topological polar surface area (TPSA) is 53.6 Å². The molecule has 2 aliphatic rings. The number of likely N-dealkylation sites (tertiary alicyclic amines) is 1. The van der Waals surface area contributed by atoms with Crippen molar-refractivity contribution in [3.8, 4) is 0 Å². The van der Waals surface area contributed by atoms with Crippen LogP contribution < -0.4 is 10.6 Å². The molecule has 0 aromatic heterocycles. The lowest BCUT2D eigenvalue weighted by atomic mass is 9.76. The third kappa shape index (κ3) is 4.59. The van der Waals surface area contributed by atoms with Crippen LogP contribution >= 0.6 is 0 Å². The van der Waals surface area contributed by atoms with Crippen molar-refractivity contribution in [3.63, 3.8) is 0 Å². The molecule has 2 fully saturated rings. The number of nitrogens with one attached hydrogen (secondary N) is 2. The second-order valence-electron chi connectivity index (χ2n) is 8.36. The lowest BCUT2D eigenvalue weighted by Gasteiger charge is -2.52. The minimum Gasteiger partial charge on any atom is -0.444 e. The number of hydrogen-bond donors (Lipinski definition) is 2. The maximum Gasteiger partial charge on any atom is 0.407 e. The molecule has 0 radical (unpaired) electrons. The summed E-state index contributed by atoms with van der Waals surface area (Å²) in [5, 5.41) is 6.37. The zero-order valence-corrected chi connectivity index (χ0v) is 14.9. The van der Waals surface area contributed by atoms with Gasteiger partial charge >= 0.3 is 6.09 Å². The van der Waals surface area contributed by atoms with Crippen LogP contribution in [0.2, 0.25) is 0 Å². The van der Waals surface area contributed by atoms with Gasteiger partial charge in [-0.05, 0) is 46.1 Å². The van der Waals surface area contributed by atoms with Crippen LogP contribution in [0, 0.1) is 11.3 Å². The molecule has 128 valence electrons. The lowest BCUT2D eigenvalue weighted by Crippen LogP contribution is -2.62. The third-order valence-electron chi connectivity index (χ3n) is 4.76. The van der Waals surface area contributed by atoms with Gasteiger partial charge in [-0.2, -0.15) is 0 Å². The molecule has 2 heterocycles. The number of amides is 1. The molecule has 1 amide bonds. The second kappa shape index (κ2) is 6.75. The number of alkyl carbamates (subject to hydrolysis) is 1. The van der Waals surface area contributed by atoms with Crippen LogP contribution in [-0.4, -0.2) is 55.4 Å². The molecule has 5 heteroatoms. The highest BCUT2D eigenvalue weighted by Gasteiger charge is 2.47. The Hall–Kier alpha value is -0.810. The van der Waals surface area contributed by atoms with Crippen molar-refractivity contribution >= 4 is 6.09 Å². The van der Waals surface area contributed by atoms with Gasteiger partial charge in [-0.15, -0.1) is 0 Å². The summed E-state index contributed by atoms with van der Waals surface area (Å²) in [6.07, 6.45) is 1.99. The molecule has 0 aromatic carbocycles. The molecule has 5 nitrogen and oxygen atoms in total. The molecule has 0 aliphatic carbocycles. The van der Waals surface area contributed by atoms with Crippen molar-refractivity contribution in [3.05, 3.63) is 0 Å². The number of rotatable bonds is 5. The van der Waals surface area contributed by atoms with E-state index in [1.807, 2.05) is 20.8 Å². The van der Waals surface area contributed by atoms with Gasteiger partial charge < -0.3 is 15.4 Å². The SMILES string of the molecule is CC(C)C(CCNC(=O)OC(C)(C)C)N1CC2(CCNC2)C1. The standard InChI is InChI=1S/C17H33N3O2/c1-13(2)14(6-8-19-15(21)22-16(3,4)5)20-11-17(12-20)7-9-18-10-17/h13-14,18H,6-12H2,1-5H3,(H,19,21). The zero-order valence-electron chi connectivity index (χ0n) is 14.9. The summed E-state index contributed by atoms with van der Waals surface area (Å²) in [6, 6.07) is 0.543. The van der Waals surface area contributed by atoms with Gasteiger partial charge in [-0.1, -0.05) is 13.8 Å². The van der Waals surface area contributed by atoms with E-state index in [1.165, 1.54) is 32.6 Å². The van der Waals surface area contributed by atoms with Crippen LogP contribution in [-0.2, 0) is 4.74 Å². The van der Waals surface area contributed by atoms with E-state index >= 15 is 0 Å². The highest BCUT2D eigenvalue weighted by molar-refractivity contribution is 5.67. The maximum absolute atomic E-state index is 11.7. The molecule has 22 heavy (non-hydrogen) atoms. The fourth-order valence-electron chi connectivity index (χ4n) is 3.69. The first-order chi connectivity index (χ1) is 10.2. The van der Waals surface area contributed by atoms with Crippen molar-refractivity contribution in [2.24, 2.45) is 11.3 Å². The highest BCUT2D eigenvalue weighted by Crippen LogP contribution is 2.38. The molecule has 0 bridgehead atoms. The van der Waals surface area contributed by atoms with E-state index in [0.29, 0.717) is 23.9 Å². The zero-order chi connectivity index (χ0) is 16.4. The first-order valence-electron chi connectivity index (χ1n) is 8.62. The number of carbonyl (C=O) groups excluding carboxylic acids is 1. The first-order valence-corrected chi connectivity index (χ1v) is 8.62. The Morgan fingerprint density at radius 3 is 2.55 bits per heavy atom. The quantitative estimate of drug-likeness (QED) is 0.817.